The number of carboxylic acid groups (broad SMARTS) is 1. The topological polar surface area (TPSA) is 40.5 Å². The van der Waals surface area contributed by atoms with Crippen LogP contribution in [-0.4, -0.2) is 28.6 Å². The predicted molar refractivity (Wildman–Crippen MR) is 71.9 cm³/mol. The van der Waals surface area contributed by atoms with E-state index in [2.05, 4.69) is 15.9 Å². The third kappa shape index (κ3) is 4.38. The van der Waals surface area contributed by atoms with E-state index in [0.717, 1.165) is 12.1 Å². The van der Waals surface area contributed by atoms with Crippen LogP contribution < -0.4 is 0 Å². The first kappa shape index (κ1) is 15.1. The lowest BCUT2D eigenvalue weighted by atomic mass is 10.1. The quantitative estimate of drug-likeness (QED) is 0.875. The van der Waals surface area contributed by atoms with Gasteiger partial charge >= 0.3 is 5.97 Å². The summed E-state index contributed by atoms with van der Waals surface area (Å²) in [6.45, 7) is 5.24. The van der Waals surface area contributed by atoms with E-state index in [1.54, 1.807) is 12.1 Å². The second-order valence-electron chi connectivity index (χ2n) is 4.26. The van der Waals surface area contributed by atoms with Gasteiger partial charge in [-0.3, -0.25) is 9.69 Å². The summed E-state index contributed by atoms with van der Waals surface area (Å²) < 4.78 is 13.5. The number of carbonyl (C=O) groups is 1. The van der Waals surface area contributed by atoms with Crippen molar-refractivity contribution in [1.29, 1.82) is 0 Å². The molecule has 5 heteroatoms. The molecule has 1 rings (SSSR count). The molecule has 3 nitrogen and oxygen atoms in total. The minimum atomic E-state index is -0.804. The van der Waals surface area contributed by atoms with E-state index in [9.17, 15) is 9.18 Å². The second kappa shape index (κ2) is 6.85. The monoisotopic (exact) mass is 317 g/mol. The lowest BCUT2D eigenvalue weighted by Crippen LogP contribution is -2.34. The summed E-state index contributed by atoms with van der Waals surface area (Å²) in [5.74, 6) is -1.10. The highest BCUT2D eigenvalue weighted by molar-refractivity contribution is 9.10. The fourth-order valence-corrected chi connectivity index (χ4v) is 2.26. The molecule has 100 valence electrons. The van der Waals surface area contributed by atoms with Crippen molar-refractivity contribution in [1.82, 2.24) is 4.90 Å². The molecule has 0 saturated carbocycles. The molecule has 0 radical (unpaired) electrons. The smallest absolute Gasteiger partial charge is 0.304 e. The first-order chi connectivity index (χ1) is 8.43. The van der Waals surface area contributed by atoms with E-state index in [1.165, 1.54) is 6.07 Å². The van der Waals surface area contributed by atoms with Crippen LogP contribution in [0.1, 0.15) is 25.8 Å². The molecule has 0 aliphatic heterocycles. The van der Waals surface area contributed by atoms with Gasteiger partial charge in [-0.25, -0.2) is 4.39 Å². The van der Waals surface area contributed by atoms with Gasteiger partial charge in [0.1, 0.15) is 5.82 Å². The first-order valence-corrected chi connectivity index (χ1v) is 6.63. The molecule has 0 aliphatic rings. The Hall–Kier alpha value is -0.940. The van der Waals surface area contributed by atoms with Crippen molar-refractivity contribution in [3.63, 3.8) is 0 Å². The van der Waals surface area contributed by atoms with Crippen LogP contribution in [0.15, 0.2) is 22.7 Å². The molecule has 0 bridgehead atoms. The van der Waals surface area contributed by atoms with Gasteiger partial charge in [0.25, 0.3) is 0 Å². The zero-order valence-electron chi connectivity index (χ0n) is 10.5. The molecule has 0 aliphatic carbocycles. The van der Waals surface area contributed by atoms with Crippen molar-refractivity contribution in [2.75, 3.05) is 6.54 Å². The molecule has 18 heavy (non-hydrogen) atoms. The van der Waals surface area contributed by atoms with Gasteiger partial charge in [-0.1, -0.05) is 13.0 Å². The minimum Gasteiger partial charge on any atom is -0.481 e. The third-order valence-corrected chi connectivity index (χ3v) is 3.48. The molecule has 1 aromatic carbocycles. The Morgan fingerprint density at radius 3 is 2.72 bits per heavy atom. The molecule has 0 heterocycles. The first-order valence-electron chi connectivity index (χ1n) is 5.83. The number of hydrogen-bond donors (Lipinski definition) is 1. The molecular weight excluding hydrogens is 301 g/mol. The van der Waals surface area contributed by atoms with E-state index in [-0.39, 0.29) is 18.3 Å². The Kier molecular flexibility index (Phi) is 5.75. The van der Waals surface area contributed by atoms with Crippen molar-refractivity contribution in [2.45, 2.75) is 32.9 Å². The largest absolute Gasteiger partial charge is 0.481 e. The van der Waals surface area contributed by atoms with Crippen molar-refractivity contribution < 1.29 is 14.3 Å². The van der Waals surface area contributed by atoms with Crippen LogP contribution >= 0.6 is 15.9 Å². The number of aliphatic carboxylic acids is 1. The summed E-state index contributed by atoms with van der Waals surface area (Å²) in [5, 5.41) is 8.79. The fraction of sp³-hybridized carbons (Fsp3) is 0.462. The SMILES string of the molecule is CCN(Cc1ccc(F)c(Br)c1)C(C)CC(=O)O. The van der Waals surface area contributed by atoms with E-state index in [1.807, 2.05) is 18.7 Å². The van der Waals surface area contributed by atoms with Gasteiger partial charge < -0.3 is 5.11 Å². The summed E-state index contributed by atoms with van der Waals surface area (Å²) in [4.78, 5) is 12.7. The highest BCUT2D eigenvalue weighted by Gasteiger charge is 2.16. The van der Waals surface area contributed by atoms with Crippen molar-refractivity contribution >= 4 is 21.9 Å². The van der Waals surface area contributed by atoms with E-state index in [4.69, 9.17) is 5.11 Å². The third-order valence-electron chi connectivity index (χ3n) is 2.87. The molecule has 0 saturated heterocycles. The average molecular weight is 318 g/mol. The maximum atomic E-state index is 13.1. The second-order valence-corrected chi connectivity index (χ2v) is 5.11. The fourth-order valence-electron chi connectivity index (χ4n) is 1.83. The summed E-state index contributed by atoms with van der Waals surface area (Å²) in [7, 11) is 0. The lowest BCUT2D eigenvalue weighted by molar-refractivity contribution is -0.138. The maximum absolute atomic E-state index is 13.1. The Labute approximate surface area is 115 Å². The number of halogens is 2. The van der Waals surface area contributed by atoms with Crippen LogP contribution in [0.4, 0.5) is 4.39 Å². The van der Waals surface area contributed by atoms with Crippen molar-refractivity contribution in [2.24, 2.45) is 0 Å². The maximum Gasteiger partial charge on any atom is 0.304 e. The minimum absolute atomic E-state index is 0.0451. The highest BCUT2D eigenvalue weighted by atomic mass is 79.9. The number of hydrogen-bond acceptors (Lipinski definition) is 2. The standard InChI is InChI=1S/C13H17BrFNO2/c1-3-16(9(2)6-13(17)18)8-10-4-5-12(15)11(14)7-10/h4-5,7,9H,3,6,8H2,1-2H3,(H,17,18). The van der Waals surface area contributed by atoms with Gasteiger partial charge in [-0.15, -0.1) is 0 Å². The predicted octanol–water partition coefficient (Wildman–Crippen LogP) is 3.27. The van der Waals surface area contributed by atoms with Crippen LogP contribution in [0.25, 0.3) is 0 Å². The summed E-state index contributed by atoms with van der Waals surface area (Å²) in [5.41, 5.74) is 0.961. The van der Waals surface area contributed by atoms with Gasteiger partial charge in [-0.2, -0.15) is 0 Å². The summed E-state index contributed by atoms with van der Waals surface area (Å²) >= 11 is 3.15. The van der Waals surface area contributed by atoms with Crippen LogP contribution in [-0.2, 0) is 11.3 Å². The Morgan fingerprint density at radius 2 is 2.22 bits per heavy atom. The van der Waals surface area contributed by atoms with Crippen LogP contribution in [0.5, 0.6) is 0 Å². The highest BCUT2D eigenvalue weighted by Crippen LogP contribution is 2.19. The molecule has 0 fully saturated rings. The van der Waals surface area contributed by atoms with E-state index >= 15 is 0 Å². The normalized spacial score (nSPS) is 12.7. The zero-order chi connectivity index (χ0) is 13.7. The van der Waals surface area contributed by atoms with Crippen LogP contribution in [0, 0.1) is 5.82 Å². The van der Waals surface area contributed by atoms with Gasteiger partial charge in [0.05, 0.1) is 10.9 Å². The van der Waals surface area contributed by atoms with Gasteiger partial charge in [0.2, 0.25) is 0 Å². The molecule has 1 atom stereocenters. The number of rotatable bonds is 6. The Balaban J connectivity index is 2.72. The van der Waals surface area contributed by atoms with E-state index in [0.29, 0.717) is 11.0 Å². The number of benzene rings is 1. The molecule has 1 N–H and O–H groups in total. The molecule has 0 spiro atoms. The van der Waals surface area contributed by atoms with Gasteiger partial charge in [0, 0.05) is 12.6 Å². The van der Waals surface area contributed by atoms with Crippen molar-refractivity contribution in [3.8, 4) is 0 Å². The zero-order valence-corrected chi connectivity index (χ0v) is 12.1. The number of nitrogens with zero attached hydrogens (tertiary/aromatic N) is 1. The lowest BCUT2D eigenvalue weighted by Gasteiger charge is -2.26. The number of carboxylic acids is 1. The Morgan fingerprint density at radius 1 is 1.56 bits per heavy atom. The van der Waals surface area contributed by atoms with Gasteiger partial charge in [0.15, 0.2) is 0 Å². The molecule has 1 unspecified atom stereocenters. The van der Waals surface area contributed by atoms with E-state index < -0.39 is 5.97 Å². The molecule has 1 aromatic rings. The molecule has 0 amide bonds. The Bertz CT molecular complexity index is 425. The summed E-state index contributed by atoms with van der Waals surface area (Å²) in [6, 6.07) is 4.81. The summed E-state index contributed by atoms with van der Waals surface area (Å²) in [6.07, 6.45) is 0.107. The van der Waals surface area contributed by atoms with Crippen LogP contribution in [0.2, 0.25) is 0 Å². The van der Waals surface area contributed by atoms with Gasteiger partial charge in [-0.05, 0) is 47.1 Å². The average Bonchev–Trinajstić information content (AvgIpc) is 2.29. The van der Waals surface area contributed by atoms with Crippen molar-refractivity contribution in [3.05, 3.63) is 34.1 Å². The molecule has 0 aromatic heterocycles. The van der Waals surface area contributed by atoms with Crippen LogP contribution in [0.3, 0.4) is 0 Å². The molecular formula is C13H17BrFNO2.